The predicted octanol–water partition coefficient (Wildman–Crippen LogP) is 0.125. The molecule has 0 radical (unpaired) electrons. The van der Waals surface area contributed by atoms with Crippen molar-refractivity contribution in [1.82, 2.24) is 10.6 Å². The lowest BCUT2D eigenvalue weighted by Crippen LogP contribution is -2.40. The molecule has 0 saturated carbocycles. The molecular formula is C13H22N2O4. The number of carboxylic acid groups (broad SMARTS) is 1. The summed E-state index contributed by atoms with van der Waals surface area (Å²) in [5, 5.41) is 14.7. The van der Waals surface area contributed by atoms with Gasteiger partial charge in [-0.15, -0.1) is 0 Å². The van der Waals surface area contributed by atoms with Gasteiger partial charge in [0.25, 0.3) is 0 Å². The lowest BCUT2D eigenvalue weighted by Gasteiger charge is -2.28. The van der Waals surface area contributed by atoms with Gasteiger partial charge in [-0.05, 0) is 31.6 Å². The number of hydrogen-bond donors (Lipinski definition) is 3. The Labute approximate surface area is 112 Å². The molecule has 3 N–H and O–H groups in total. The van der Waals surface area contributed by atoms with E-state index in [0.717, 1.165) is 12.8 Å². The second-order valence-electron chi connectivity index (χ2n) is 5.48. The molecule has 1 amide bonds. The standard InChI is InChI=1S/C13H22N2O4/c16-12(14-3-4-19-8-13(17)18)7-9-5-10-1-2-11(6-9)15-10/h9-11,15H,1-8H2,(H,14,16)(H,17,18). The number of carbonyl (C=O) groups is 2. The maximum atomic E-state index is 11.7. The van der Waals surface area contributed by atoms with Crippen molar-refractivity contribution in [3.63, 3.8) is 0 Å². The Kier molecular flexibility index (Phi) is 5.15. The zero-order valence-electron chi connectivity index (χ0n) is 11.1. The first-order chi connectivity index (χ1) is 9.13. The Morgan fingerprint density at radius 3 is 2.58 bits per heavy atom. The Morgan fingerprint density at radius 1 is 1.26 bits per heavy atom. The third-order valence-electron chi connectivity index (χ3n) is 3.84. The van der Waals surface area contributed by atoms with E-state index in [4.69, 9.17) is 9.84 Å². The molecule has 2 aliphatic heterocycles. The van der Waals surface area contributed by atoms with E-state index in [9.17, 15) is 9.59 Å². The molecule has 6 nitrogen and oxygen atoms in total. The topological polar surface area (TPSA) is 87.7 Å². The van der Waals surface area contributed by atoms with Gasteiger partial charge in [0.05, 0.1) is 6.61 Å². The Bertz CT molecular complexity index is 323. The summed E-state index contributed by atoms with van der Waals surface area (Å²) in [5.74, 6) is -0.458. The van der Waals surface area contributed by atoms with Crippen molar-refractivity contribution in [3.8, 4) is 0 Å². The number of piperidine rings is 1. The van der Waals surface area contributed by atoms with Crippen LogP contribution in [0.1, 0.15) is 32.1 Å². The molecule has 0 aliphatic carbocycles. The average molecular weight is 270 g/mol. The summed E-state index contributed by atoms with van der Waals surface area (Å²) in [6.45, 7) is 0.312. The maximum Gasteiger partial charge on any atom is 0.329 e. The normalized spacial score (nSPS) is 29.2. The molecule has 2 heterocycles. The number of rotatable bonds is 7. The fraction of sp³-hybridized carbons (Fsp3) is 0.846. The van der Waals surface area contributed by atoms with Crippen LogP contribution in [0.4, 0.5) is 0 Å². The molecule has 2 unspecified atom stereocenters. The molecule has 2 bridgehead atoms. The van der Waals surface area contributed by atoms with Gasteiger partial charge in [0.15, 0.2) is 0 Å². The van der Waals surface area contributed by atoms with Crippen molar-refractivity contribution in [2.75, 3.05) is 19.8 Å². The van der Waals surface area contributed by atoms with Crippen molar-refractivity contribution in [3.05, 3.63) is 0 Å². The highest BCUT2D eigenvalue weighted by molar-refractivity contribution is 5.76. The molecule has 2 saturated heterocycles. The second-order valence-corrected chi connectivity index (χ2v) is 5.48. The van der Waals surface area contributed by atoms with Gasteiger partial charge in [-0.1, -0.05) is 0 Å². The molecule has 2 atom stereocenters. The molecule has 0 aromatic heterocycles. The number of hydrogen-bond acceptors (Lipinski definition) is 4. The third kappa shape index (κ3) is 4.80. The van der Waals surface area contributed by atoms with Crippen LogP contribution in [0, 0.1) is 5.92 Å². The minimum atomic E-state index is -0.989. The van der Waals surface area contributed by atoms with Gasteiger partial charge in [0.2, 0.25) is 5.91 Å². The molecule has 108 valence electrons. The maximum absolute atomic E-state index is 11.7. The quantitative estimate of drug-likeness (QED) is 0.572. The SMILES string of the molecule is O=C(O)COCCNC(=O)CC1CC2CCC(C1)N2. The summed E-state index contributed by atoms with van der Waals surface area (Å²) in [6, 6.07) is 1.21. The van der Waals surface area contributed by atoms with Gasteiger partial charge >= 0.3 is 5.97 Å². The third-order valence-corrected chi connectivity index (χ3v) is 3.84. The summed E-state index contributed by atoms with van der Waals surface area (Å²) in [4.78, 5) is 21.9. The van der Waals surface area contributed by atoms with Crippen LogP contribution in [-0.4, -0.2) is 48.8 Å². The fourth-order valence-electron chi connectivity index (χ4n) is 3.10. The lowest BCUT2D eigenvalue weighted by atomic mass is 9.89. The van der Waals surface area contributed by atoms with E-state index in [1.54, 1.807) is 0 Å². The van der Waals surface area contributed by atoms with Gasteiger partial charge < -0.3 is 20.5 Å². The van der Waals surface area contributed by atoms with Crippen LogP contribution in [0.15, 0.2) is 0 Å². The van der Waals surface area contributed by atoms with Crippen LogP contribution < -0.4 is 10.6 Å². The van der Waals surface area contributed by atoms with Crippen molar-refractivity contribution in [1.29, 1.82) is 0 Å². The van der Waals surface area contributed by atoms with Crippen LogP contribution in [0.3, 0.4) is 0 Å². The lowest BCUT2D eigenvalue weighted by molar-refractivity contribution is -0.142. The minimum Gasteiger partial charge on any atom is -0.480 e. The summed E-state index contributed by atoms with van der Waals surface area (Å²) in [5.41, 5.74) is 0. The molecule has 0 spiro atoms. The van der Waals surface area contributed by atoms with Crippen LogP contribution in [0.5, 0.6) is 0 Å². The molecule has 0 aromatic rings. The number of nitrogens with one attached hydrogen (secondary N) is 2. The first-order valence-corrected chi connectivity index (χ1v) is 6.95. The zero-order valence-corrected chi connectivity index (χ0v) is 11.1. The van der Waals surface area contributed by atoms with Gasteiger partial charge in [-0.2, -0.15) is 0 Å². The monoisotopic (exact) mass is 270 g/mol. The van der Waals surface area contributed by atoms with Crippen LogP contribution in [0.2, 0.25) is 0 Å². The molecule has 2 rings (SSSR count). The molecule has 0 aromatic carbocycles. The summed E-state index contributed by atoms with van der Waals surface area (Å²) in [7, 11) is 0. The highest BCUT2D eigenvalue weighted by Crippen LogP contribution is 2.32. The van der Waals surface area contributed by atoms with Gasteiger partial charge in [-0.3, -0.25) is 4.79 Å². The van der Waals surface area contributed by atoms with Crippen molar-refractivity contribution < 1.29 is 19.4 Å². The van der Waals surface area contributed by atoms with E-state index >= 15 is 0 Å². The first kappa shape index (κ1) is 14.3. The number of aliphatic carboxylic acids is 1. The van der Waals surface area contributed by atoms with E-state index < -0.39 is 5.97 Å². The number of ether oxygens (including phenoxy) is 1. The number of fused-ring (bicyclic) bond motifs is 2. The predicted molar refractivity (Wildman–Crippen MR) is 68.8 cm³/mol. The Balaban J connectivity index is 1.56. The van der Waals surface area contributed by atoms with Crippen molar-refractivity contribution >= 4 is 11.9 Å². The van der Waals surface area contributed by atoms with Gasteiger partial charge in [-0.25, -0.2) is 4.79 Å². The Morgan fingerprint density at radius 2 is 1.95 bits per heavy atom. The van der Waals surface area contributed by atoms with E-state index in [2.05, 4.69) is 10.6 Å². The second kappa shape index (κ2) is 6.86. The van der Waals surface area contributed by atoms with Gasteiger partial charge in [0, 0.05) is 25.0 Å². The van der Waals surface area contributed by atoms with Crippen molar-refractivity contribution in [2.45, 2.75) is 44.2 Å². The smallest absolute Gasteiger partial charge is 0.329 e. The van der Waals surface area contributed by atoms with Crippen molar-refractivity contribution in [2.24, 2.45) is 5.92 Å². The largest absolute Gasteiger partial charge is 0.480 e. The number of amides is 1. The number of carboxylic acids is 1. The average Bonchev–Trinajstić information content (AvgIpc) is 2.68. The first-order valence-electron chi connectivity index (χ1n) is 6.95. The summed E-state index contributed by atoms with van der Waals surface area (Å²) < 4.78 is 4.86. The molecule has 2 aliphatic rings. The molecular weight excluding hydrogens is 248 g/mol. The van der Waals surface area contributed by atoms with Crippen LogP contribution in [-0.2, 0) is 14.3 Å². The van der Waals surface area contributed by atoms with Crippen LogP contribution in [0.25, 0.3) is 0 Å². The van der Waals surface area contributed by atoms with E-state index in [1.807, 2.05) is 0 Å². The fourth-order valence-corrected chi connectivity index (χ4v) is 3.10. The van der Waals surface area contributed by atoms with E-state index in [-0.39, 0.29) is 19.1 Å². The van der Waals surface area contributed by atoms with E-state index in [1.165, 1.54) is 12.8 Å². The highest BCUT2D eigenvalue weighted by atomic mass is 16.5. The molecule has 6 heteroatoms. The zero-order chi connectivity index (χ0) is 13.7. The number of carbonyl (C=O) groups excluding carboxylic acids is 1. The summed E-state index contributed by atoms with van der Waals surface area (Å²) >= 11 is 0. The highest BCUT2D eigenvalue weighted by Gasteiger charge is 2.33. The van der Waals surface area contributed by atoms with E-state index in [0.29, 0.717) is 31.0 Å². The Hall–Kier alpha value is -1.14. The summed E-state index contributed by atoms with van der Waals surface area (Å²) in [6.07, 6.45) is 5.25. The van der Waals surface area contributed by atoms with Crippen LogP contribution >= 0.6 is 0 Å². The molecule has 2 fully saturated rings. The minimum absolute atomic E-state index is 0.0465. The molecule has 19 heavy (non-hydrogen) atoms. The van der Waals surface area contributed by atoms with Gasteiger partial charge in [0.1, 0.15) is 6.61 Å².